The van der Waals surface area contributed by atoms with E-state index in [0.717, 1.165) is 53.0 Å². The molecule has 33 heavy (non-hydrogen) atoms. The van der Waals surface area contributed by atoms with E-state index in [1.165, 1.54) is 0 Å². The summed E-state index contributed by atoms with van der Waals surface area (Å²) in [5.74, 6) is -0.862. The van der Waals surface area contributed by atoms with Gasteiger partial charge < -0.3 is 5.11 Å². The van der Waals surface area contributed by atoms with E-state index in [4.69, 9.17) is 28.3 Å². The highest BCUT2D eigenvalue weighted by Crippen LogP contribution is 2.48. The number of hydrogen-bond acceptors (Lipinski definition) is 5. The molecule has 1 aromatic heterocycles. The second-order valence-electron chi connectivity index (χ2n) is 8.20. The molecule has 1 N–H and O–H groups in total. The van der Waals surface area contributed by atoms with Crippen LogP contribution in [-0.4, -0.2) is 21.8 Å². The molecule has 1 aliphatic heterocycles. The Labute approximate surface area is 206 Å². The Morgan fingerprint density at radius 1 is 1.15 bits per heavy atom. The minimum atomic E-state index is -0.978. The second kappa shape index (κ2) is 8.93. The van der Waals surface area contributed by atoms with Crippen LogP contribution >= 0.6 is 34.5 Å². The van der Waals surface area contributed by atoms with Gasteiger partial charge in [0.05, 0.1) is 17.4 Å². The summed E-state index contributed by atoms with van der Waals surface area (Å²) < 4.78 is 0. The minimum Gasteiger partial charge on any atom is -0.477 e. The first-order valence-corrected chi connectivity index (χ1v) is 12.3. The molecule has 0 spiro atoms. The summed E-state index contributed by atoms with van der Waals surface area (Å²) in [6.07, 6.45) is 5.00. The zero-order chi connectivity index (χ0) is 23.1. The van der Waals surface area contributed by atoms with E-state index in [1.54, 1.807) is 6.92 Å². The molecule has 3 aromatic rings. The number of anilines is 1. The van der Waals surface area contributed by atoms with Crippen molar-refractivity contribution >= 4 is 57.4 Å². The SMILES string of the molecule is Cc1nc(N2N=C3/C(=C/c4ccccc4Cl)CCCC3C2c2ccccc2Cl)sc1C(=O)O. The van der Waals surface area contributed by atoms with Crippen LogP contribution in [0.5, 0.6) is 0 Å². The fraction of sp³-hybridized carbons (Fsp3) is 0.240. The molecule has 2 heterocycles. The van der Waals surface area contributed by atoms with Crippen LogP contribution < -0.4 is 5.01 Å². The number of carbonyl (C=O) groups is 1. The second-order valence-corrected chi connectivity index (χ2v) is 9.99. The van der Waals surface area contributed by atoms with Crippen LogP contribution in [0, 0.1) is 12.8 Å². The molecule has 0 amide bonds. The number of carboxylic acid groups (broad SMARTS) is 1. The van der Waals surface area contributed by atoms with Gasteiger partial charge in [-0.05, 0) is 61.1 Å². The van der Waals surface area contributed by atoms with Gasteiger partial charge in [-0.2, -0.15) is 5.10 Å². The standard InChI is InChI=1S/C25H21Cl2N3O2S/c1-14-23(24(31)32)33-25(28-14)30-22(17-9-3-5-12-20(17)27)18-10-6-8-16(21(18)29-30)13-15-7-2-4-11-19(15)26/h2-5,7,9,11-13,18,22H,6,8,10H2,1H3,(H,31,32)/b16-13+. The van der Waals surface area contributed by atoms with Crippen LogP contribution in [0.25, 0.3) is 6.08 Å². The summed E-state index contributed by atoms with van der Waals surface area (Å²) in [7, 11) is 0. The van der Waals surface area contributed by atoms with Gasteiger partial charge in [-0.15, -0.1) is 0 Å². The van der Waals surface area contributed by atoms with Crippen molar-refractivity contribution in [3.8, 4) is 0 Å². The Hall–Kier alpha value is -2.67. The van der Waals surface area contributed by atoms with E-state index < -0.39 is 5.97 Å². The lowest BCUT2D eigenvalue weighted by molar-refractivity contribution is 0.0701. The lowest BCUT2D eigenvalue weighted by Gasteiger charge is -2.30. The van der Waals surface area contributed by atoms with E-state index in [9.17, 15) is 9.90 Å². The van der Waals surface area contributed by atoms with Crippen molar-refractivity contribution in [2.45, 2.75) is 32.2 Å². The zero-order valence-corrected chi connectivity index (χ0v) is 20.2. The molecule has 2 atom stereocenters. The maximum atomic E-state index is 11.7. The molecule has 0 bridgehead atoms. The molecule has 8 heteroatoms. The Morgan fingerprint density at radius 3 is 2.58 bits per heavy atom. The lowest BCUT2D eigenvalue weighted by atomic mass is 9.77. The number of aryl methyl sites for hydroxylation is 1. The minimum absolute atomic E-state index is 0.116. The van der Waals surface area contributed by atoms with Crippen LogP contribution in [0.4, 0.5) is 5.13 Å². The molecule has 0 radical (unpaired) electrons. The van der Waals surface area contributed by atoms with Crippen molar-refractivity contribution in [3.63, 3.8) is 0 Å². The van der Waals surface area contributed by atoms with Gasteiger partial charge in [0.2, 0.25) is 5.13 Å². The summed E-state index contributed by atoms with van der Waals surface area (Å²) in [6.45, 7) is 1.72. The number of benzene rings is 2. The molecule has 0 saturated heterocycles. The molecule has 2 aromatic carbocycles. The van der Waals surface area contributed by atoms with Gasteiger partial charge in [0, 0.05) is 16.0 Å². The number of aromatic carboxylic acids is 1. The van der Waals surface area contributed by atoms with Crippen LogP contribution in [0.15, 0.2) is 59.2 Å². The largest absolute Gasteiger partial charge is 0.477 e. The molecule has 5 nitrogen and oxygen atoms in total. The normalized spacial score (nSPS) is 21.2. The van der Waals surface area contributed by atoms with Crippen molar-refractivity contribution in [3.05, 3.63) is 85.8 Å². The highest BCUT2D eigenvalue weighted by molar-refractivity contribution is 7.17. The van der Waals surface area contributed by atoms with E-state index in [1.807, 2.05) is 53.5 Å². The molecule has 1 aliphatic carbocycles. The van der Waals surface area contributed by atoms with E-state index in [-0.39, 0.29) is 16.8 Å². The Morgan fingerprint density at radius 2 is 1.88 bits per heavy atom. The van der Waals surface area contributed by atoms with Gasteiger partial charge in [-0.1, -0.05) is 70.9 Å². The number of hydrogen-bond donors (Lipinski definition) is 1. The average Bonchev–Trinajstić information content (AvgIpc) is 3.37. The molecule has 1 fully saturated rings. The number of thiazole rings is 1. The molecule has 2 aliphatic rings. The summed E-state index contributed by atoms with van der Waals surface area (Å²) in [5, 5.41) is 18.4. The Balaban J connectivity index is 1.64. The first-order chi connectivity index (χ1) is 15.9. The molecule has 2 unspecified atom stereocenters. The summed E-state index contributed by atoms with van der Waals surface area (Å²) in [6, 6.07) is 15.4. The first-order valence-electron chi connectivity index (χ1n) is 10.7. The van der Waals surface area contributed by atoms with Crippen LogP contribution in [-0.2, 0) is 0 Å². The lowest BCUT2D eigenvalue weighted by Crippen LogP contribution is -2.28. The molecule has 1 saturated carbocycles. The quantitative estimate of drug-likeness (QED) is 0.411. The van der Waals surface area contributed by atoms with E-state index >= 15 is 0 Å². The van der Waals surface area contributed by atoms with Crippen molar-refractivity contribution in [1.29, 1.82) is 0 Å². The summed E-state index contributed by atoms with van der Waals surface area (Å²) in [4.78, 5) is 16.5. The Kier molecular flexibility index (Phi) is 5.99. The fourth-order valence-corrected chi connectivity index (χ4v) is 5.97. The number of hydrazone groups is 1. The number of nitrogens with zero attached hydrogens (tertiary/aromatic N) is 3. The van der Waals surface area contributed by atoms with Crippen LogP contribution in [0.3, 0.4) is 0 Å². The third-order valence-electron chi connectivity index (χ3n) is 6.14. The van der Waals surface area contributed by atoms with Crippen molar-refractivity contribution < 1.29 is 9.90 Å². The van der Waals surface area contributed by atoms with Crippen molar-refractivity contribution in [2.75, 3.05) is 5.01 Å². The zero-order valence-electron chi connectivity index (χ0n) is 17.8. The van der Waals surface area contributed by atoms with Gasteiger partial charge in [-0.3, -0.25) is 0 Å². The molecular formula is C25H21Cl2N3O2S. The van der Waals surface area contributed by atoms with Crippen LogP contribution in [0.1, 0.15) is 51.8 Å². The van der Waals surface area contributed by atoms with Crippen molar-refractivity contribution in [2.24, 2.45) is 11.0 Å². The predicted molar refractivity (Wildman–Crippen MR) is 135 cm³/mol. The van der Waals surface area contributed by atoms with Gasteiger partial charge in [0.15, 0.2) is 0 Å². The van der Waals surface area contributed by atoms with Crippen LogP contribution in [0.2, 0.25) is 10.0 Å². The first kappa shape index (κ1) is 22.1. The summed E-state index contributed by atoms with van der Waals surface area (Å²) >= 11 is 14.2. The van der Waals surface area contributed by atoms with Gasteiger partial charge >= 0.3 is 5.97 Å². The third kappa shape index (κ3) is 4.07. The highest BCUT2D eigenvalue weighted by atomic mass is 35.5. The number of rotatable bonds is 4. The van der Waals surface area contributed by atoms with E-state index in [2.05, 4.69) is 11.1 Å². The Bertz CT molecular complexity index is 1300. The topological polar surface area (TPSA) is 65.8 Å². The van der Waals surface area contributed by atoms with Crippen molar-refractivity contribution in [1.82, 2.24) is 4.98 Å². The van der Waals surface area contributed by atoms with Gasteiger partial charge in [-0.25, -0.2) is 14.8 Å². The number of fused-ring (bicyclic) bond motifs is 1. The molecular weight excluding hydrogens is 477 g/mol. The van der Waals surface area contributed by atoms with Gasteiger partial charge in [0.1, 0.15) is 4.88 Å². The maximum Gasteiger partial charge on any atom is 0.347 e. The summed E-state index contributed by atoms with van der Waals surface area (Å²) in [5.41, 5.74) is 4.55. The third-order valence-corrected chi connectivity index (χ3v) is 7.96. The number of carboxylic acids is 1. The molecule has 168 valence electrons. The number of halogens is 2. The number of allylic oxidation sites excluding steroid dienone is 1. The predicted octanol–water partition coefficient (Wildman–Crippen LogP) is 7.26. The monoisotopic (exact) mass is 497 g/mol. The number of aromatic nitrogens is 1. The van der Waals surface area contributed by atoms with E-state index in [0.29, 0.717) is 20.9 Å². The van der Waals surface area contributed by atoms with Gasteiger partial charge in [0.25, 0.3) is 0 Å². The highest BCUT2D eigenvalue weighted by Gasteiger charge is 2.44. The average molecular weight is 498 g/mol. The molecule has 5 rings (SSSR count). The smallest absolute Gasteiger partial charge is 0.347 e. The maximum absolute atomic E-state index is 11.7. The fourth-order valence-electron chi connectivity index (χ4n) is 4.64.